The molecule has 1 aromatic carbocycles. The molecule has 1 aromatic rings. The number of nitro groups is 1. The molecule has 0 aliphatic heterocycles. The molecule has 0 amide bonds. The smallest absolute Gasteiger partial charge is 0.208 e. The lowest BCUT2D eigenvalue weighted by Crippen LogP contribution is -2.06. The first kappa shape index (κ1) is 10.5. The average molecular weight is 195 g/mol. The molecule has 0 bridgehead atoms. The van der Waals surface area contributed by atoms with Crippen LogP contribution in [0.15, 0.2) is 18.2 Å². The van der Waals surface area contributed by atoms with Crippen LogP contribution in [0.1, 0.15) is 11.1 Å². The topological polar surface area (TPSA) is 52.4 Å². The predicted molar refractivity (Wildman–Crippen MR) is 53.3 cm³/mol. The summed E-state index contributed by atoms with van der Waals surface area (Å²) in [6.45, 7) is 1.87. The highest BCUT2D eigenvalue weighted by Gasteiger charge is 2.08. The van der Waals surface area contributed by atoms with Gasteiger partial charge in [0.1, 0.15) is 5.75 Å². The molecule has 0 saturated carbocycles. The molecule has 14 heavy (non-hydrogen) atoms. The van der Waals surface area contributed by atoms with Crippen LogP contribution in [0.3, 0.4) is 0 Å². The Kier molecular flexibility index (Phi) is 3.45. The molecule has 0 aromatic heterocycles. The summed E-state index contributed by atoms with van der Waals surface area (Å²) in [6, 6.07) is 5.63. The molecule has 0 aliphatic carbocycles. The van der Waals surface area contributed by atoms with Crippen molar-refractivity contribution in [2.24, 2.45) is 0 Å². The average Bonchev–Trinajstić information content (AvgIpc) is 2.15. The number of ether oxygens (including phenoxy) is 1. The SMILES string of the molecule is COc1cccc(C)c1CC[N+](=O)[O-]. The van der Waals surface area contributed by atoms with Crippen molar-refractivity contribution < 1.29 is 9.66 Å². The normalized spacial score (nSPS) is 9.86. The van der Waals surface area contributed by atoms with Gasteiger partial charge in [0.15, 0.2) is 0 Å². The van der Waals surface area contributed by atoms with Gasteiger partial charge in [0, 0.05) is 16.9 Å². The van der Waals surface area contributed by atoms with Crippen LogP contribution >= 0.6 is 0 Å². The van der Waals surface area contributed by atoms with Gasteiger partial charge in [0.2, 0.25) is 6.54 Å². The van der Waals surface area contributed by atoms with Crippen LogP contribution in [0.5, 0.6) is 5.75 Å². The summed E-state index contributed by atoms with van der Waals surface area (Å²) < 4.78 is 5.14. The van der Waals surface area contributed by atoms with Crippen LogP contribution in [0.4, 0.5) is 0 Å². The van der Waals surface area contributed by atoms with Crippen molar-refractivity contribution in [1.29, 1.82) is 0 Å². The summed E-state index contributed by atoms with van der Waals surface area (Å²) in [5, 5.41) is 10.2. The van der Waals surface area contributed by atoms with Gasteiger partial charge in [-0.25, -0.2) is 0 Å². The number of hydrogen-bond donors (Lipinski definition) is 0. The Labute approximate surface area is 82.7 Å². The number of aryl methyl sites for hydroxylation is 1. The van der Waals surface area contributed by atoms with Crippen LogP contribution < -0.4 is 4.74 Å². The Morgan fingerprint density at radius 3 is 2.79 bits per heavy atom. The lowest BCUT2D eigenvalue weighted by Gasteiger charge is -2.09. The zero-order valence-corrected chi connectivity index (χ0v) is 8.32. The third-order valence-electron chi connectivity index (χ3n) is 2.13. The van der Waals surface area contributed by atoms with E-state index in [1.807, 2.05) is 25.1 Å². The van der Waals surface area contributed by atoms with E-state index in [0.29, 0.717) is 6.42 Å². The quantitative estimate of drug-likeness (QED) is 0.544. The zero-order chi connectivity index (χ0) is 10.6. The first-order chi connectivity index (χ1) is 6.65. The van der Waals surface area contributed by atoms with Gasteiger partial charge in [-0.3, -0.25) is 10.1 Å². The second kappa shape index (κ2) is 4.60. The summed E-state index contributed by atoms with van der Waals surface area (Å²) in [6.07, 6.45) is 0.419. The Morgan fingerprint density at radius 2 is 2.21 bits per heavy atom. The lowest BCUT2D eigenvalue weighted by atomic mass is 10.0. The summed E-state index contributed by atoms with van der Waals surface area (Å²) in [5.74, 6) is 0.729. The van der Waals surface area contributed by atoms with Crippen molar-refractivity contribution in [2.45, 2.75) is 13.3 Å². The molecule has 0 radical (unpaired) electrons. The van der Waals surface area contributed by atoms with Gasteiger partial charge in [-0.15, -0.1) is 0 Å². The van der Waals surface area contributed by atoms with Gasteiger partial charge in [-0.05, 0) is 18.6 Å². The first-order valence-electron chi connectivity index (χ1n) is 4.39. The highest BCUT2D eigenvalue weighted by atomic mass is 16.6. The van der Waals surface area contributed by atoms with Gasteiger partial charge >= 0.3 is 0 Å². The molecule has 0 atom stereocenters. The summed E-state index contributed by atoms with van der Waals surface area (Å²) >= 11 is 0. The van der Waals surface area contributed by atoms with Crippen LogP contribution in [-0.2, 0) is 6.42 Å². The van der Waals surface area contributed by atoms with E-state index in [4.69, 9.17) is 4.74 Å². The van der Waals surface area contributed by atoms with E-state index in [0.717, 1.165) is 16.9 Å². The van der Waals surface area contributed by atoms with Crippen molar-refractivity contribution in [3.8, 4) is 5.75 Å². The van der Waals surface area contributed by atoms with Gasteiger partial charge < -0.3 is 4.74 Å². The largest absolute Gasteiger partial charge is 0.496 e. The maximum absolute atomic E-state index is 10.2. The van der Waals surface area contributed by atoms with E-state index in [9.17, 15) is 10.1 Å². The van der Waals surface area contributed by atoms with E-state index in [2.05, 4.69) is 0 Å². The van der Waals surface area contributed by atoms with E-state index < -0.39 is 0 Å². The molecule has 0 aliphatic rings. The molecular formula is C10H13NO3. The Balaban J connectivity index is 2.87. The molecule has 0 N–H and O–H groups in total. The maximum atomic E-state index is 10.2. The number of benzene rings is 1. The Morgan fingerprint density at radius 1 is 1.50 bits per heavy atom. The Bertz CT molecular complexity index is 336. The van der Waals surface area contributed by atoms with Crippen molar-refractivity contribution in [1.82, 2.24) is 0 Å². The molecule has 0 unspecified atom stereocenters. The third-order valence-corrected chi connectivity index (χ3v) is 2.13. The molecule has 0 spiro atoms. The van der Waals surface area contributed by atoms with Crippen LogP contribution in [-0.4, -0.2) is 18.6 Å². The van der Waals surface area contributed by atoms with Crippen LogP contribution in [0, 0.1) is 17.0 Å². The van der Waals surface area contributed by atoms with E-state index in [1.54, 1.807) is 7.11 Å². The monoisotopic (exact) mass is 195 g/mol. The summed E-state index contributed by atoms with van der Waals surface area (Å²) in [5.41, 5.74) is 1.96. The summed E-state index contributed by atoms with van der Waals surface area (Å²) in [7, 11) is 1.57. The second-order valence-corrected chi connectivity index (χ2v) is 3.06. The fourth-order valence-electron chi connectivity index (χ4n) is 1.39. The number of rotatable bonds is 4. The standard InChI is InChI=1S/C10H13NO3/c1-8-4-3-5-10(14-2)9(8)6-7-11(12)13/h3-5H,6-7H2,1-2H3. The highest BCUT2D eigenvalue weighted by Crippen LogP contribution is 2.21. The molecule has 4 nitrogen and oxygen atoms in total. The molecule has 0 saturated heterocycles. The fourth-order valence-corrected chi connectivity index (χ4v) is 1.39. The van der Waals surface area contributed by atoms with E-state index >= 15 is 0 Å². The van der Waals surface area contributed by atoms with Crippen LogP contribution in [0.25, 0.3) is 0 Å². The van der Waals surface area contributed by atoms with Gasteiger partial charge in [-0.1, -0.05) is 12.1 Å². The van der Waals surface area contributed by atoms with E-state index in [-0.39, 0.29) is 11.5 Å². The molecule has 0 heterocycles. The number of methoxy groups -OCH3 is 1. The minimum atomic E-state index is -0.314. The maximum Gasteiger partial charge on any atom is 0.208 e. The number of hydrogen-bond acceptors (Lipinski definition) is 3. The van der Waals surface area contributed by atoms with Crippen molar-refractivity contribution in [3.05, 3.63) is 39.4 Å². The van der Waals surface area contributed by atoms with E-state index in [1.165, 1.54) is 0 Å². The van der Waals surface area contributed by atoms with Crippen molar-refractivity contribution in [3.63, 3.8) is 0 Å². The second-order valence-electron chi connectivity index (χ2n) is 3.06. The van der Waals surface area contributed by atoms with Gasteiger partial charge in [0.25, 0.3) is 0 Å². The Hall–Kier alpha value is -1.58. The van der Waals surface area contributed by atoms with Crippen molar-refractivity contribution >= 4 is 0 Å². The van der Waals surface area contributed by atoms with Gasteiger partial charge in [-0.2, -0.15) is 0 Å². The van der Waals surface area contributed by atoms with Gasteiger partial charge in [0.05, 0.1) is 7.11 Å². The predicted octanol–water partition coefficient (Wildman–Crippen LogP) is 1.82. The summed E-state index contributed by atoms with van der Waals surface area (Å²) in [4.78, 5) is 9.93. The molecule has 4 heteroatoms. The third kappa shape index (κ3) is 2.45. The molecule has 0 fully saturated rings. The number of nitrogens with zero attached hydrogens (tertiary/aromatic N) is 1. The molecule has 1 rings (SSSR count). The molecular weight excluding hydrogens is 182 g/mol. The highest BCUT2D eigenvalue weighted by molar-refractivity contribution is 5.39. The minimum absolute atomic E-state index is 0.0544. The van der Waals surface area contributed by atoms with Crippen LogP contribution in [0.2, 0.25) is 0 Å². The first-order valence-corrected chi connectivity index (χ1v) is 4.39. The minimum Gasteiger partial charge on any atom is -0.496 e. The zero-order valence-electron chi connectivity index (χ0n) is 8.32. The van der Waals surface area contributed by atoms with Crippen molar-refractivity contribution in [2.75, 3.05) is 13.7 Å². The fraction of sp³-hybridized carbons (Fsp3) is 0.400. The molecule has 76 valence electrons. The lowest BCUT2D eigenvalue weighted by molar-refractivity contribution is -0.479.